The van der Waals surface area contributed by atoms with E-state index in [9.17, 15) is 4.79 Å². The molecule has 0 spiro atoms. The quantitative estimate of drug-likeness (QED) is 0.0375. The van der Waals surface area contributed by atoms with Crippen LogP contribution in [-0.4, -0.2) is 173 Å². The van der Waals surface area contributed by atoms with Gasteiger partial charge in [0.1, 0.15) is 6.61 Å². The maximum atomic E-state index is 11.8. The molecule has 0 aromatic heterocycles. The summed E-state index contributed by atoms with van der Waals surface area (Å²) in [5, 5.41) is 2.47. The molecule has 0 amide bonds. The van der Waals surface area contributed by atoms with E-state index in [0.717, 1.165) is 12.8 Å². The molecule has 0 aliphatic carbocycles. The minimum Gasteiger partial charge on any atom is -0.463 e. The highest BCUT2D eigenvalue weighted by molar-refractivity contribution is 6.99. The van der Waals surface area contributed by atoms with E-state index < -0.39 is 8.32 Å². The van der Waals surface area contributed by atoms with Crippen molar-refractivity contribution in [1.82, 2.24) is 0 Å². The van der Waals surface area contributed by atoms with Crippen LogP contribution in [0.15, 0.2) is 60.7 Å². The van der Waals surface area contributed by atoms with Gasteiger partial charge in [0.25, 0.3) is 8.32 Å². The third-order valence-electron chi connectivity index (χ3n) is 10.7. The van der Waals surface area contributed by atoms with Crippen LogP contribution in [0, 0.1) is 0 Å². The van der Waals surface area contributed by atoms with Crippen LogP contribution in [0.5, 0.6) is 0 Å². The van der Waals surface area contributed by atoms with Crippen molar-refractivity contribution < 1.29 is 66.1 Å². The zero-order chi connectivity index (χ0) is 48.0. The number of hydrogen-bond acceptors (Lipinski definition) is 14. The van der Waals surface area contributed by atoms with Gasteiger partial charge >= 0.3 is 5.97 Å². The number of rotatable bonds is 49. The lowest BCUT2D eigenvalue weighted by Gasteiger charge is -2.43. The second-order valence-electron chi connectivity index (χ2n) is 17.0. The third-order valence-corrected chi connectivity index (χ3v) is 15.7. The van der Waals surface area contributed by atoms with Crippen LogP contribution in [0.2, 0.25) is 5.04 Å². The van der Waals surface area contributed by atoms with E-state index in [2.05, 4.69) is 88.4 Å². The molecule has 0 saturated carbocycles. The molecular weight excluding hydrogens is 877 g/mol. The number of ether oxygens (including phenoxy) is 12. The van der Waals surface area contributed by atoms with Crippen molar-refractivity contribution in [1.29, 1.82) is 0 Å². The SMILES string of the molecule is CCCCCCCCCCCC(=O)OCCOCCOCCOCCOCCOCCOCCOCCOCCOCCOCCOCCO[Si](c1ccccc1)(c1ccccc1)C(C)(C)C. The highest BCUT2D eigenvalue weighted by Crippen LogP contribution is 2.36. The van der Waals surface area contributed by atoms with Crippen molar-refractivity contribution >= 4 is 24.7 Å². The Hall–Kier alpha value is -2.35. The first-order valence-electron chi connectivity index (χ1n) is 25.2. The monoisotopic (exact) mass is 967 g/mol. The number of esters is 1. The van der Waals surface area contributed by atoms with Crippen LogP contribution >= 0.6 is 0 Å². The molecule has 0 atom stereocenters. The van der Waals surface area contributed by atoms with Gasteiger partial charge in [0, 0.05) is 6.42 Å². The largest absolute Gasteiger partial charge is 0.463 e. The van der Waals surface area contributed by atoms with Crippen molar-refractivity contribution in [2.45, 2.75) is 96.9 Å². The number of hydrogen-bond donors (Lipinski definition) is 0. The summed E-state index contributed by atoms with van der Waals surface area (Å²) in [5.74, 6) is -0.138. The maximum absolute atomic E-state index is 11.8. The molecule has 67 heavy (non-hydrogen) atoms. The Kier molecular flexibility index (Phi) is 39.6. The van der Waals surface area contributed by atoms with E-state index in [1.807, 2.05) is 0 Å². The Morgan fingerprint density at radius 1 is 0.373 bits per heavy atom. The lowest BCUT2D eigenvalue weighted by atomic mass is 10.1. The fraction of sp³-hybridized carbons (Fsp3) is 0.750. The van der Waals surface area contributed by atoms with Gasteiger partial charge in [-0.15, -0.1) is 0 Å². The summed E-state index contributed by atoms with van der Waals surface area (Å²) in [4.78, 5) is 11.8. The molecule has 15 heteroatoms. The standard InChI is InChI=1S/C52H90O14Si/c1-5-6-7-8-9-10-11-12-19-24-51(53)65-47-45-63-43-41-61-39-37-59-35-33-57-31-29-55-27-25-54-26-28-56-30-32-58-34-36-60-38-40-62-42-44-64-46-48-66-67(52(2,3)4,49-20-15-13-16-21-49)50-22-17-14-18-23-50/h13-18,20-23H,5-12,19,24-48H2,1-4H3. The first kappa shape index (κ1) is 60.8. The maximum Gasteiger partial charge on any atom is 0.305 e. The molecule has 0 saturated heterocycles. The van der Waals surface area contributed by atoms with Crippen LogP contribution in [0.1, 0.15) is 91.9 Å². The van der Waals surface area contributed by atoms with Crippen LogP contribution in [0.3, 0.4) is 0 Å². The Bertz CT molecular complexity index is 1310. The number of benzene rings is 2. The second-order valence-corrected chi connectivity index (χ2v) is 21.4. The van der Waals surface area contributed by atoms with Crippen LogP contribution in [-0.2, 0) is 66.1 Å². The van der Waals surface area contributed by atoms with Gasteiger partial charge in [-0.2, -0.15) is 0 Å². The molecule has 0 unspecified atom stereocenters. The zero-order valence-electron chi connectivity index (χ0n) is 42.0. The van der Waals surface area contributed by atoms with E-state index >= 15 is 0 Å². The van der Waals surface area contributed by atoms with E-state index in [-0.39, 0.29) is 17.6 Å². The van der Waals surface area contributed by atoms with Crippen LogP contribution in [0.4, 0.5) is 0 Å². The summed E-state index contributed by atoms with van der Waals surface area (Å²) in [6, 6.07) is 21.3. The minimum absolute atomic E-state index is 0.0621. The molecule has 2 rings (SSSR count). The van der Waals surface area contributed by atoms with E-state index in [4.69, 9.17) is 61.3 Å². The molecule has 0 aliphatic heterocycles. The topological polar surface area (TPSA) is 137 Å². The van der Waals surface area contributed by atoms with Crippen LogP contribution in [0.25, 0.3) is 0 Å². The van der Waals surface area contributed by atoms with Gasteiger partial charge in [0.05, 0.1) is 152 Å². The number of unbranched alkanes of at least 4 members (excludes halogenated alkanes) is 8. The molecular formula is C52H90O14Si. The van der Waals surface area contributed by atoms with E-state index in [1.54, 1.807) is 0 Å². The smallest absolute Gasteiger partial charge is 0.305 e. The Morgan fingerprint density at radius 2 is 0.642 bits per heavy atom. The van der Waals surface area contributed by atoms with Gasteiger partial charge < -0.3 is 61.3 Å². The number of carbonyl (C=O) groups is 1. The summed E-state index contributed by atoms with van der Waals surface area (Å²) in [5.41, 5.74) is 0. The van der Waals surface area contributed by atoms with Crippen molar-refractivity contribution in [3.8, 4) is 0 Å². The summed E-state index contributed by atoms with van der Waals surface area (Å²) >= 11 is 0. The van der Waals surface area contributed by atoms with Gasteiger partial charge in [-0.25, -0.2) is 0 Å². The van der Waals surface area contributed by atoms with E-state index in [0.29, 0.717) is 158 Å². The lowest BCUT2D eigenvalue weighted by Crippen LogP contribution is -2.66. The van der Waals surface area contributed by atoms with Gasteiger partial charge in [-0.3, -0.25) is 4.79 Å². The minimum atomic E-state index is -2.55. The highest BCUT2D eigenvalue weighted by Gasteiger charge is 2.50. The predicted octanol–water partition coefficient (Wildman–Crippen LogP) is 7.21. The lowest BCUT2D eigenvalue weighted by molar-refractivity contribution is -0.145. The summed E-state index contributed by atoms with van der Waals surface area (Å²) in [6.07, 6.45) is 11.6. The Balaban J connectivity index is 1.22. The van der Waals surface area contributed by atoms with Crippen LogP contribution < -0.4 is 10.4 Å². The average Bonchev–Trinajstić information content (AvgIpc) is 3.33. The first-order chi connectivity index (χ1) is 32.9. The first-order valence-corrected chi connectivity index (χ1v) is 27.1. The molecule has 0 radical (unpaired) electrons. The fourth-order valence-electron chi connectivity index (χ4n) is 7.18. The molecule has 2 aromatic rings. The number of carbonyl (C=O) groups excluding carboxylic acids is 1. The van der Waals surface area contributed by atoms with Gasteiger partial charge in [-0.05, 0) is 21.8 Å². The molecule has 386 valence electrons. The van der Waals surface area contributed by atoms with Crippen molar-refractivity contribution in [2.24, 2.45) is 0 Å². The molecule has 0 N–H and O–H groups in total. The molecule has 0 fully saturated rings. The molecule has 0 bridgehead atoms. The molecule has 0 aliphatic rings. The fourth-order valence-corrected chi connectivity index (χ4v) is 11.7. The normalized spacial score (nSPS) is 12.0. The average molecular weight is 967 g/mol. The van der Waals surface area contributed by atoms with Gasteiger partial charge in [0.2, 0.25) is 0 Å². The van der Waals surface area contributed by atoms with Gasteiger partial charge in [-0.1, -0.05) is 140 Å². The Morgan fingerprint density at radius 3 is 0.940 bits per heavy atom. The summed E-state index contributed by atoms with van der Waals surface area (Å²) < 4.78 is 73.4. The second kappa shape index (κ2) is 43.7. The van der Waals surface area contributed by atoms with Crippen molar-refractivity contribution in [3.05, 3.63) is 60.7 Å². The summed E-state index contributed by atoms with van der Waals surface area (Å²) in [6.45, 7) is 20.6. The zero-order valence-corrected chi connectivity index (χ0v) is 43.0. The van der Waals surface area contributed by atoms with Gasteiger partial charge in [0.15, 0.2) is 0 Å². The van der Waals surface area contributed by atoms with E-state index in [1.165, 1.54) is 55.3 Å². The summed E-state index contributed by atoms with van der Waals surface area (Å²) in [7, 11) is -2.55. The predicted molar refractivity (Wildman–Crippen MR) is 265 cm³/mol. The third kappa shape index (κ3) is 32.2. The molecule has 14 nitrogen and oxygen atoms in total. The Labute approximate surface area is 405 Å². The molecule has 0 heterocycles. The highest BCUT2D eigenvalue weighted by atomic mass is 28.4. The molecule has 2 aromatic carbocycles. The van der Waals surface area contributed by atoms with Crippen molar-refractivity contribution in [2.75, 3.05) is 159 Å². The van der Waals surface area contributed by atoms with Crippen molar-refractivity contribution in [3.63, 3.8) is 0 Å².